The van der Waals surface area contributed by atoms with Crippen molar-refractivity contribution >= 4 is 5.91 Å². The van der Waals surface area contributed by atoms with Crippen molar-refractivity contribution in [2.75, 3.05) is 6.61 Å². The molecular formula is C32H65NO5. The van der Waals surface area contributed by atoms with Crippen molar-refractivity contribution in [2.45, 2.75) is 192 Å². The molecule has 0 aliphatic rings. The van der Waals surface area contributed by atoms with E-state index in [1.54, 1.807) is 0 Å². The Morgan fingerprint density at radius 1 is 0.553 bits per heavy atom. The maximum Gasteiger partial charge on any atom is 0.249 e. The van der Waals surface area contributed by atoms with Crippen molar-refractivity contribution in [1.29, 1.82) is 0 Å². The van der Waals surface area contributed by atoms with E-state index >= 15 is 0 Å². The van der Waals surface area contributed by atoms with E-state index in [1.165, 1.54) is 89.9 Å². The highest BCUT2D eigenvalue weighted by Gasteiger charge is 2.28. The first-order valence-electron chi connectivity index (χ1n) is 16.4. The van der Waals surface area contributed by atoms with Gasteiger partial charge in [-0.05, 0) is 12.8 Å². The van der Waals surface area contributed by atoms with Gasteiger partial charge in [0.1, 0.15) is 12.2 Å². The average molecular weight is 544 g/mol. The summed E-state index contributed by atoms with van der Waals surface area (Å²) in [6, 6.07) is -0.974. The number of hydrogen-bond acceptors (Lipinski definition) is 5. The highest BCUT2D eigenvalue weighted by atomic mass is 16.3. The van der Waals surface area contributed by atoms with Gasteiger partial charge in [0.2, 0.25) is 5.91 Å². The molecule has 4 unspecified atom stereocenters. The molecule has 0 spiro atoms. The largest absolute Gasteiger partial charge is 0.394 e. The number of aliphatic hydroxyl groups excluding tert-OH is 4. The third kappa shape index (κ3) is 22.2. The summed E-state index contributed by atoms with van der Waals surface area (Å²) in [5, 5.41) is 42.8. The van der Waals surface area contributed by atoms with Crippen LogP contribution in [0.15, 0.2) is 0 Å². The van der Waals surface area contributed by atoms with E-state index in [-0.39, 0.29) is 0 Å². The molecule has 38 heavy (non-hydrogen) atoms. The highest BCUT2D eigenvalue weighted by Crippen LogP contribution is 2.15. The molecule has 1 amide bonds. The van der Waals surface area contributed by atoms with Crippen molar-refractivity contribution in [3.05, 3.63) is 0 Å². The van der Waals surface area contributed by atoms with Gasteiger partial charge < -0.3 is 25.7 Å². The van der Waals surface area contributed by atoms with Crippen LogP contribution in [-0.4, -0.2) is 57.3 Å². The number of nitrogens with one attached hydrogen (secondary N) is 1. The van der Waals surface area contributed by atoms with E-state index in [2.05, 4.69) is 19.2 Å². The lowest BCUT2D eigenvalue weighted by Crippen LogP contribution is -2.53. The zero-order chi connectivity index (χ0) is 28.3. The normalized spacial score (nSPS) is 14.8. The molecule has 0 aromatic heterocycles. The van der Waals surface area contributed by atoms with E-state index in [0.717, 1.165) is 51.4 Å². The van der Waals surface area contributed by atoms with Gasteiger partial charge in [-0.3, -0.25) is 4.79 Å². The van der Waals surface area contributed by atoms with Crippen molar-refractivity contribution in [3.63, 3.8) is 0 Å². The number of aliphatic hydroxyl groups is 4. The minimum Gasteiger partial charge on any atom is -0.394 e. The molecular weight excluding hydrogens is 478 g/mol. The first-order valence-corrected chi connectivity index (χ1v) is 16.4. The van der Waals surface area contributed by atoms with Crippen LogP contribution in [0.2, 0.25) is 0 Å². The fourth-order valence-corrected chi connectivity index (χ4v) is 5.11. The summed E-state index contributed by atoms with van der Waals surface area (Å²) in [6.45, 7) is 3.93. The Morgan fingerprint density at radius 3 is 1.26 bits per heavy atom. The van der Waals surface area contributed by atoms with Gasteiger partial charge in [-0.15, -0.1) is 0 Å². The van der Waals surface area contributed by atoms with Crippen LogP contribution in [0.1, 0.15) is 168 Å². The van der Waals surface area contributed by atoms with Crippen LogP contribution in [0.25, 0.3) is 0 Å². The summed E-state index contributed by atoms with van der Waals surface area (Å²) < 4.78 is 0. The van der Waals surface area contributed by atoms with Crippen LogP contribution < -0.4 is 5.32 Å². The first-order chi connectivity index (χ1) is 18.5. The van der Waals surface area contributed by atoms with E-state index in [1.807, 2.05) is 0 Å². The molecule has 228 valence electrons. The summed E-state index contributed by atoms with van der Waals surface area (Å²) in [5.41, 5.74) is 0. The van der Waals surface area contributed by atoms with Crippen molar-refractivity contribution in [3.8, 4) is 0 Å². The van der Waals surface area contributed by atoms with Crippen LogP contribution in [0.4, 0.5) is 0 Å². The minimum absolute atomic E-state index is 0.374. The second-order valence-electron chi connectivity index (χ2n) is 11.5. The Kier molecular flexibility index (Phi) is 27.4. The fourth-order valence-electron chi connectivity index (χ4n) is 5.11. The summed E-state index contributed by atoms with van der Waals surface area (Å²) >= 11 is 0. The zero-order valence-electron chi connectivity index (χ0n) is 25.2. The Balaban J connectivity index is 3.71. The van der Waals surface area contributed by atoms with Crippen LogP contribution in [0.3, 0.4) is 0 Å². The molecule has 0 aromatic carbocycles. The maximum absolute atomic E-state index is 12.3. The zero-order valence-corrected chi connectivity index (χ0v) is 25.2. The molecule has 0 rings (SSSR count). The van der Waals surface area contributed by atoms with E-state index in [4.69, 9.17) is 0 Å². The Morgan fingerprint density at radius 2 is 0.895 bits per heavy atom. The predicted octanol–water partition coefficient (Wildman–Crippen LogP) is 6.95. The van der Waals surface area contributed by atoms with E-state index in [9.17, 15) is 25.2 Å². The molecule has 0 aliphatic carbocycles. The summed E-state index contributed by atoms with van der Waals surface area (Å²) in [4.78, 5) is 12.3. The Labute approximate surface area is 235 Å². The van der Waals surface area contributed by atoms with Gasteiger partial charge in [0.25, 0.3) is 0 Å². The Bertz CT molecular complexity index is 504. The van der Waals surface area contributed by atoms with Gasteiger partial charge in [-0.1, -0.05) is 155 Å². The third-order valence-corrected chi connectivity index (χ3v) is 7.82. The van der Waals surface area contributed by atoms with Crippen molar-refractivity contribution in [2.24, 2.45) is 0 Å². The van der Waals surface area contributed by atoms with Gasteiger partial charge >= 0.3 is 0 Å². The summed E-state index contributed by atoms with van der Waals surface area (Å²) in [7, 11) is 0. The molecule has 0 radical (unpaired) electrons. The average Bonchev–Trinajstić information content (AvgIpc) is 2.92. The van der Waals surface area contributed by atoms with E-state index in [0.29, 0.717) is 12.8 Å². The van der Waals surface area contributed by atoms with Crippen LogP contribution in [-0.2, 0) is 4.79 Å². The lowest BCUT2D eigenvalue weighted by Gasteiger charge is -2.27. The molecule has 4 atom stereocenters. The molecule has 0 bridgehead atoms. The van der Waals surface area contributed by atoms with Crippen molar-refractivity contribution < 1.29 is 25.2 Å². The van der Waals surface area contributed by atoms with Crippen LogP contribution in [0, 0.1) is 0 Å². The number of rotatable bonds is 29. The molecule has 0 aliphatic heterocycles. The molecule has 0 saturated carbocycles. The standard InChI is InChI=1S/C32H65NO5/c1-3-5-7-9-10-11-12-13-14-15-16-17-18-19-20-22-24-26-30(36)32(38)33-28(27-34)31(37)29(35)25-23-21-8-6-4-2/h28-31,34-37H,3-27H2,1-2H3,(H,33,38). The van der Waals surface area contributed by atoms with Crippen LogP contribution in [0.5, 0.6) is 0 Å². The number of unbranched alkanes of at least 4 members (excludes halogenated alkanes) is 20. The fraction of sp³-hybridized carbons (Fsp3) is 0.969. The third-order valence-electron chi connectivity index (χ3n) is 7.82. The van der Waals surface area contributed by atoms with Gasteiger partial charge in [-0.2, -0.15) is 0 Å². The van der Waals surface area contributed by atoms with Gasteiger partial charge in [-0.25, -0.2) is 0 Å². The van der Waals surface area contributed by atoms with E-state index < -0.39 is 36.9 Å². The lowest BCUT2D eigenvalue weighted by atomic mass is 9.99. The summed E-state index contributed by atoms with van der Waals surface area (Å²) in [5.74, 6) is -0.588. The molecule has 6 nitrogen and oxygen atoms in total. The monoisotopic (exact) mass is 543 g/mol. The molecule has 0 heterocycles. The minimum atomic E-state index is -1.25. The van der Waals surface area contributed by atoms with Gasteiger partial charge in [0.15, 0.2) is 0 Å². The SMILES string of the molecule is CCCCCCCCCCCCCCCCCCCC(O)C(=O)NC(CO)C(O)C(O)CCCCCCC. The second kappa shape index (κ2) is 27.9. The molecule has 6 heteroatoms. The molecule has 0 aromatic rings. The molecule has 0 saturated heterocycles. The molecule has 0 fully saturated rings. The van der Waals surface area contributed by atoms with Gasteiger partial charge in [0, 0.05) is 0 Å². The Hall–Kier alpha value is -0.690. The predicted molar refractivity (Wildman–Crippen MR) is 159 cm³/mol. The topological polar surface area (TPSA) is 110 Å². The highest BCUT2D eigenvalue weighted by molar-refractivity contribution is 5.80. The number of carbonyl (C=O) groups excluding carboxylic acids is 1. The first kappa shape index (κ1) is 37.3. The lowest BCUT2D eigenvalue weighted by molar-refractivity contribution is -0.132. The number of hydrogen-bond donors (Lipinski definition) is 5. The quantitative estimate of drug-likeness (QED) is 0.0656. The molecule has 5 N–H and O–H groups in total. The summed E-state index contributed by atoms with van der Waals surface area (Å²) in [6.07, 6.45) is 24.5. The maximum atomic E-state index is 12.3. The second-order valence-corrected chi connectivity index (χ2v) is 11.5. The number of carbonyl (C=O) groups is 1. The smallest absolute Gasteiger partial charge is 0.249 e. The van der Waals surface area contributed by atoms with Gasteiger partial charge in [0.05, 0.1) is 18.8 Å². The number of amides is 1. The van der Waals surface area contributed by atoms with Crippen molar-refractivity contribution in [1.82, 2.24) is 5.32 Å². The van der Waals surface area contributed by atoms with Crippen LogP contribution >= 0.6 is 0 Å².